The number of nitrogens with one attached hydrogen (secondary N) is 1. The summed E-state index contributed by atoms with van der Waals surface area (Å²) in [6.45, 7) is 0. The quantitative estimate of drug-likeness (QED) is 0.715. The van der Waals surface area contributed by atoms with E-state index in [1.165, 1.54) is 6.07 Å². The molecule has 0 amide bonds. The van der Waals surface area contributed by atoms with Crippen molar-refractivity contribution in [2.75, 3.05) is 5.73 Å². The van der Waals surface area contributed by atoms with Crippen molar-refractivity contribution in [2.45, 2.75) is 12.8 Å². The van der Waals surface area contributed by atoms with Crippen molar-refractivity contribution >= 4 is 32.7 Å². The van der Waals surface area contributed by atoms with Gasteiger partial charge in [0.15, 0.2) is 0 Å². The molecule has 3 nitrogen and oxygen atoms in total. The second-order valence-corrected chi connectivity index (χ2v) is 5.57. The number of H-pyrrole nitrogens is 1. The third kappa shape index (κ3) is 2.67. The van der Waals surface area contributed by atoms with Gasteiger partial charge in [-0.05, 0) is 46.1 Å². The number of fused-ring (bicyclic) bond motifs is 1. The molecule has 0 aliphatic carbocycles. The summed E-state index contributed by atoms with van der Waals surface area (Å²) in [5, 5.41) is 0. The van der Waals surface area contributed by atoms with Crippen LogP contribution in [-0.4, -0.2) is 9.97 Å². The van der Waals surface area contributed by atoms with Gasteiger partial charge in [-0.3, -0.25) is 0 Å². The van der Waals surface area contributed by atoms with Crippen LogP contribution in [0.5, 0.6) is 0 Å². The highest BCUT2D eigenvalue weighted by Gasteiger charge is 2.07. The first kappa shape index (κ1) is 13.1. The van der Waals surface area contributed by atoms with Crippen molar-refractivity contribution in [3.63, 3.8) is 0 Å². The van der Waals surface area contributed by atoms with E-state index in [1.807, 2.05) is 24.3 Å². The number of aromatic nitrogens is 2. The van der Waals surface area contributed by atoms with Crippen molar-refractivity contribution < 1.29 is 4.39 Å². The Bertz CT molecular complexity index is 728. The molecule has 0 fully saturated rings. The molecule has 0 aliphatic rings. The SMILES string of the molecule is Nc1cccc(CCc2nc3cc(Br)c(F)cc3[nH]2)c1. The molecule has 0 radical (unpaired) electrons. The first-order valence-electron chi connectivity index (χ1n) is 6.30. The number of hydrogen-bond acceptors (Lipinski definition) is 2. The Morgan fingerprint density at radius 3 is 2.85 bits per heavy atom. The van der Waals surface area contributed by atoms with Crippen LogP contribution in [0.1, 0.15) is 11.4 Å². The average Bonchev–Trinajstić information content (AvgIpc) is 2.79. The van der Waals surface area contributed by atoms with Gasteiger partial charge in [-0.1, -0.05) is 12.1 Å². The summed E-state index contributed by atoms with van der Waals surface area (Å²) in [5.74, 6) is 0.559. The zero-order chi connectivity index (χ0) is 14.1. The fraction of sp³-hybridized carbons (Fsp3) is 0.133. The summed E-state index contributed by atoms with van der Waals surface area (Å²) in [7, 11) is 0. The maximum Gasteiger partial charge on any atom is 0.139 e. The first-order valence-corrected chi connectivity index (χ1v) is 7.09. The number of aromatic amines is 1. The third-order valence-corrected chi connectivity index (χ3v) is 3.78. The normalized spacial score (nSPS) is 11.1. The van der Waals surface area contributed by atoms with E-state index in [1.54, 1.807) is 6.07 Å². The van der Waals surface area contributed by atoms with Crippen molar-refractivity contribution in [1.82, 2.24) is 9.97 Å². The molecule has 1 aromatic heterocycles. The molecule has 0 aliphatic heterocycles. The highest BCUT2D eigenvalue weighted by atomic mass is 79.9. The summed E-state index contributed by atoms with van der Waals surface area (Å²) < 4.78 is 13.9. The Morgan fingerprint density at radius 2 is 2.05 bits per heavy atom. The van der Waals surface area contributed by atoms with E-state index in [-0.39, 0.29) is 5.82 Å². The zero-order valence-corrected chi connectivity index (χ0v) is 12.2. The molecule has 3 N–H and O–H groups in total. The molecule has 1 heterocycles. The van der Waals surface area contributed by atoms with Crippen LogP contribution < -0.4 is 5.73 Å². The number of halogens is 2. The molecule has 0 saturated heterocycles. The van der Waals surface area contributed by atoms with Crippen LogP contribution in [0, 0.1) is 5.82 Å². The van der Waals surface area contributed by atoms with Gasteiger partial charge in [0.2, 0.25) is 0 Å². The van der Waals surface area contributed by atoms with Crippen molar-refractivity contribution in [2.24, 2.45) is 0 Å². The van der Waals surface area contributed by atoms with E-state index < -0.39 is 0 Å². The number of nitrogens with two attached hydrogens (primary N) is 1. The van der Waals surface area contributed by atoms with Gasteiger partial charge in [-0.15, -0.1) is 0 Å². The highest BCUT2D eigenvalue weighted by molar-refractivity contribution is 9.10. The lowest BCUT2D eigenvalue weighted by molar-refractivity contribution is 0.623. The zero-order valence-electron chi connectivity index (χ0n) is 10.7. The lowest BCUT2D eigenvalue weighted by atomic mass is 10.1. The van der Waals surface area contributed by atoms with E-state index in [2.05, 4.69) is 25.9 Å². The average molecular weight is 334 g/mol. The third-order valence-electron chi connectivity index (χ3n) is 3.17. The largest absolute Gasteiger partial charge is 0.399 e. The Kier molecular flexibility index (Phi) is 3.44. The van der Waals surface area contributed by atoms with Crippen molar-refractivity contribution in [3.8, 4) is 0 Å². The Hall–Kier alpha value is -1.88. The van der Waals surface area contributed by atoms with E-state index in [9.17, 15) is 4.39 Å². The molecule has 2 aromatic carbocycles. The summed E-state index contributed by atoms with van der Waals surface area (Å²) in [5.41, 5.74) is 9.16. The Morgan fingerprint density at radius 1 is 1.20 bits per heavy atom. The number of benzene rings is 2. The molecular formula is C15H13BrFN3. The van der Waals surface area contributed by atoms with Gasteiger partial charge in [0, 0.05) is 18.2 Å². The maximum absolute atomic E-state index is 13.4. The Labute approximate surface area is 124 Å². The van der Waals surface area contributed by atoms with Gasteiger partial charge in [0.1, 0.15) is 11.6 Å². The van der Waals surface area contributed by atoms with Crippen LogP contribution in [0.4, 0.5) is 10.1 Å². The minimum absolute atomic E-state index is 0.288. The van der Waals surface area contributed by atoms with Gasteiger partial charge in [-0.2, -0.15) is 0 Å². The first-order chi connectivity index (χ1) is 9.61. The molecule has 3 aromatic rings. The van der Waals surface area contributed by atoms with Crippen LogP contribution in [-0.2, 0) is 12.8 Å². The lowest BCUT2D eigenvalue weighted by Gasteiger charge is -2.00. The van der Waals surface area contributed by atoms with E-state index in [0.29, 0.717) is 9.99 Å². The number of anilines is 1. The topological polar surface area (TPSA) is 54.7 Å². The van der Waals surface area contributed by atoms with Crippen molar-refractivity contribution in [1.29, 1.82) is 0 Å². The fourth-order valence-corrected chi connectivity index (χ4v) is 2.52. The molecule has 20 heavy (non-hydrogen) atoms. The standard InChI is InChI=1S/C15H13BrFN3/c16-11-7-13-14(8-12(11)17)20-15(19-13)5-4-9-2-1-3-10(18)6-9/h1-3,6-8H,4-5,18H2,(H,19,20). The molecule has 0 atom stereocenters. The number of rotatable bonds is 3. The minimum Gasteiger partial charge on any atom is -0.399 e. The number of nitrogens with zero attached hydrogens (tertiary/aromatic N) is 1. The fourth-order valence-electron chi connectivity index (χ4n) is 2.19. The predicted octanol–water partition coefficient (Wildman–Crippen LogP) is 3.83. The second-order valence-electron chi connectivity index (χ2n) is 4.71. The number of nitrogen functional groups attached to an aromatic ring is 1. The van der Waals surface area contributed by atoms with Crippen LogP contribution in [0.3, 0.4) is 0 Å². The number of imidazole rings is 1. The number of hydrogen-bond donors (Lipinski definition) is 2. The summed E-state index contributed by atoms with van der Waals surface area (Å²) in [6.07, 6.45) is 1.60. The molecule has 3 rings (SSSR count). The summed E-state index contributed by atoms with van der Waals surface area (Å²) >= 11 is 3.17. The molecule has 5 heteroatoms. The van der Waals surface area contributed by atoms with Gasteiger partial charge in [0.05, 0.1) is 15.5 Å². The van der Waals surface area contributed by atoms with E-state index >= 15 is 0 Å². The van der Waals surface area contributed by atoms with Crippen LogP contribution >= 0.6 is 15.9 Å². The highest BCUT2D eigenvalue weighted by Crippen LogP contribution is 2.22. The van der Waals surface area contributed by atoms with Crippen LogP contribution in [0.15, 0.2) is 40.9 Å². The summed E-state index contributed by atoms with van der Waals surface area (Å²) in [4.78, 5) is 7.61. The van der Waals surface area contributed by atoms with Gasteiger partial charge in [-0.25, -0.2) is 9.37 Å². The molecular weight excluding hydrogens is 321 g/mol. The van der Waals surface area contributed by atoms with Crippen LogP contribution in [0.25, 0.3) is 11.0 Å². The van der Waals surface area contributed by atoms with Gasteiger partial charge < -0.3 is 10.7 Å². The summed E-state index contributed by atoms with van der Waals surface area (Å²) in [6, 6.07) is 10.9. The number of aryl methyl sites for hydroxylation is 2. The van der Waals surface area contributed by atoms with E-state index in [4.69, 9.17) is 5.73 Å². The van der Waals surface area contributed by atoms with E-state index in [0.717, 1.165) is 35.4 Å². The second kappa shape index (κ2) is 5.25. The molecule has 0 saturated carbocycles. The monoisotopic (exact) mass is 333 g/mol. The lowest BCUT2D eigenvalue weighted by Crippen LogP contribution is -1.94. The van der Waals surface area contributed by atoms with Gasteiger partial charge >= 0.3 is 0 Å². The minimum atomic E-state index is -0.288. The molecule has 0 spiro atoms. The molecule has 102 valence electrons. The molecule has 0 bridgehead atoms. The molecule has 0 unspecified atom stereocenters. The van der Waals surface area contributed by atoms with Gasteiger partial charge in [0.25, 0.3) is 0 Å². The Balaban J connectivity index is 1.81. The van der Waals surface area contributed by atoms with Crippen LogP contribution in [0.2, 0.25) is 0 Å². The predicted molar refractivity (Wildman–Crippen MR) is 82.0 cm³/mol. The smallest absolute Gasteiger partial charge is 0.139 e. The maximum atomic E-state index is 13.4. The van der Waals surface area contributed by atoms with Crippen molar-refractivity contribution in [3.05, 3.63) is 58.1 Å².